The second-order valence-corrected chi connectivity index (χ2v) is 9.16. The predicted molar refractivity (Wildman–Crippen MR) is 129 cm³/mol. The summed E-state index contributed by atoms with van der Waals surface area (Å²) in [6.07, 6.45) is 0.507. The van der Waals surface area contributed by atoms with Gasteiger partial charge in [0, 0.05) is 15.9 Å². The summed E-state index contributed by atoms with van der Waals surface area (Å²) in [5.41, 5.74) is 3.29. The van der Waals surface area contributed by atoms with Crippen molar-refractivity contribution >= 4 is 56.5 Å². The minimum atomic E-state index is -0.706. The van der Waals surface area contributed by atoms with Crippen LogP contribution >= 0.6 is 27.5 Å². The van der Waals surface area contributed by atoms with Gasteiger partial charge in [-0.25, -0.2) is 5.01 Å². The van der Waals surface area contributed by atoms with E-state index in [9.17, 15) is 14.4 Å². The first-order valence-corrected chi connectivity index (χ1v) is 11.5. The third-order valence-electron chi connectivity index (χ3n) is 5.75. The smallest absolute Gasteiger partial charge is 0.295 e. The third kappa shape index (κ3) is 3.98. The van der Waals surface area contributed by atoms with E-state index in [1.807, 2.05) is 36.4 Å². The first-order valence-electron chi connectivity index (χ1n) is 10.3. The SMILES string of the molecule is O=C1C(=O)N(CC(=O)N2N=C(c3cccc(Br)c3)CC2c2ccc(Cl)cc2)c2ccccc21. The van der Waals surface area contributed by atoms with Crippen LogP contribution in [0.5, 0.6) is 0 Å². The van der Waals surface area contributed by atoms with Crippen LogP contribution in [0.1, 0.15) is 33.9 Å². The van der Waals surface area contributed by atoms with Crippen molar-refractivity contribution in [3.63, 3.8) is 0 Å². The first kappa shape index (κ1) is 21.6. The predicted octanol–water partition coefficient (Wildman–Crippen LogP) is 5.01. The average molecular weight is 523 g/mol. The summed E-state index contributed by atoms with van der Waals surface area (Å²) in [6.45, 7) is -0.277. The van der Waals surface area contributed by atoms with E-state index >= 15 is 0 Å². The van der Waals surface area contributed by atoms with Gasteiger partial charge in [-0.2, -0.15) is 5.10 Å². The molecule has 2 aliphatic rings. The highest BCUT2D eigenvalue weighted by Gasteiger charge is 2.39. The molecule has 0 aliphatic carbocycles. The molecule has 1 unspecified atom stereocenters. The minimum absolute atomic E-state index is 0.277. The minimum Gasteiger partial charge on any atom is -0.295 e. The molecule has 0 spiro atoms. The maximum atomic E-state index is 13.4. The zero-order chi connectivity index (χ0) is 23.1. The lowest BCUT2D eigenvalue weighted by Crippen LogP contribution is -2.40. The molecule has 0 N–H and O–H groups in total. The van der Waals surface area contributed by atoms with Gasteiger partial charge >= 0.3 is 0 Å². The highest BCUT2D eigenvalue weighted by Crippen LogP contribution is 2.35. The van der Waals surface area contributed by atoms with Crippen molar-refractivity contribution in [3.8, 4) is 0 Å². The van der Waals surface area contributed by atoms with Crippen LogP contribution < -0.4 is 4.90 Å². The number of carbonyl (C=O) groups is 3. The Balaban J connectivity index is 1.48. The van der Waals surface area contributed by atoms with E-state index in [0.717, 1.165) is 21.3 Å². The van der Waals surface area contributed by atoms with Gasteiger partial charge in [0.15, 0.2) is 0 Å². The molecule has 0 radical (unpaired) electrons. The second kappa shape index (κ2) is 8.57. The number of halogens is 2. The van der Waals surface area contributed by atoms with Gasteiger partial charge in [-0.3, -0.25) is 19.3 Å². The van der Waals surface area contributed by atoms with Crippen LogP contribution in [0.3, 0.4) is 0 Å². The molecule has 0 saturated carbocycles. The van der Waals surface area contributed by atoms with E-state index in [1.165, 1.54) is 9.91 Å². The number of Topliss-reactive ketones (excluding diaryl/α,β-unsaturated/α-hetero) is 1. The molecule has 1 atom stereocenters. The molecule has 0 fully saturated rings. The number of anilines is 1. The zero-order valence-electron chi connectivity index (χ0n) is 17.2. The number of rotatable bonds is 4. The molecule has 8 heteroatoms. The Labute approximate surface area is 203 Å². The fourth-order valence-corrected chi connectivity index (χ4v) is 4.67. The summed E-state index contributed by atoms with van der Waals surface area (Å²) in [4.78, 5) is 39.6. The van der Waals surface area contributed by atoms with Crippen LogP contribution in [0.25, 0.3) is 0 Å². The number of benzene rings is 3. The first-order chi connectivity index (χ1) is 15.9. The van der Waals surface area contributed by atoms with Gasteiger partial charge in [0.2, 0.25) is 0 Å². The van der Waals surface area contributed by atoms with Crippen molar-refractivity contribution in [2.75, 3.05) is 11.4 Å². The van der Waals surface area contributed by atoms with Crippen LogP contribution in [0, 0.1) is 0 Å². The van der Waals surface area contributed by atoms with Crippen LogP contribution in [0.2, 0.25) is 5.02 Å². The largest absolute Gasteiger partial charge is 0.299 e. The Morgan fingerprint density at radius 2 is 1.79 bits per heavy atom. The molecule has 0 saturated heterocycles. The topological polar surface area (TPSA) is 70.1 Å². The van der Waals surface area contributed by atoms with Gasteiger partial charge in [-0.05, 0) is 47.5 Å². The molecule has 2 aliphatic heterocycles. The van der Waals surface area contributed by atoms with Gasteiger partial charge in [-0.15, -0.1) is 0 Å². The van der Waals surface area contributed by atoms with E-state index in [1.54, 1.807) is 36.4 Å². The summed E-state index contributed by atoms with van der Waals surface area (Å²) in [5.74, 6) is -1.69. The van der Waals surface area contributed by atoms with E-state index in [4.69, 9.17) is 11.6 Å². The molecule has 164 valence electrons. The summed E-state index contributed by atoms with van der Waals surface area (Å²) in [6, 6.07) is 21.3. The zero-order valence-corrected chi connectivity index (χ0v) is 19.6. The molecular formula is C25H17BrClN3O3. The van der Waals surface area contributed by atoms with Gasteiger partial charge in [-0.1, -0.05) is 63.9 Å². The van der Waals surface area contributed by atoms with Crippen LogP contribution in [-0.2, 0) is 9.59 Å². The van der Waals surface area contributed by atoms with Crippen molar-refractivity contribution < 1.29 is 14.4 Å². The number of fused-ring (bicyclic) bond motifs is 1. The summed E-state index contributed by atoms with van der Waals surface area (Å²) in [5, 5.41) is 6.66. The highest BCUT2D eigenvalue weighted by atomic mass is 79.9. The molecule has 5 rings (SSSR count). The van der Waals surface area contributed by atoms with Crippen molar-refractivity contribution in [1.82, 2.24) is 5.01 Å². The van der Waals surface area contributed by atoms with E-state index in [-0.39, 0.29) is 18.5 Å². The van der Waals surface area contributed by atoms with Crippen LogP contribution in [-0.4, -0.2) is 34.9 Å². The number of para-hydroxylation sites is 1. The molecular weight excluding hydrogens is 506 g/mol. The number of ketones is 1. The Bertz CT molecular complexity index is 1320. The third-order valence-corrected chi connectivity index (χ3v) is 6.50. The lowest BCUT2D eigenvalue weighted by molar-refractivity contribution is -0.132. The van der Waals surface area contributed by atoms with Gasteiger partial charge in [0.1, 0.15) is 6.54 Å². The quantitative estimate of drug-likeness (QED) is 0.452. The van der Waals surface area contributed by atoms with Crippen LogP contribution in [0.15, 0.2) is 82.4 Å². The van der Waals surface area contributed by atoms with Crippen LogP contribution in [0.4, 0.5) is 5.69 Å². The summed E-state index contributed by atoms with van der Waals surface area (Å²) in [7, 11) is 0. The second-order valence-electron chi connectivity index (χ2n) is 7.80. The Morgan fingerprint density at radius 1 is 1.03 bits per heavy atom. The molecule has 3 aromatic rings. The number of hydrazone groups is 1. The molecule has 3 aromatic carbocycles. The van der Waals surface area contributed by atoms with E-state index < -0.39 is 11.7 Å². The number of carbonyl (C=O) groups excluding carboxylic acids is 3. The van der Waals surface area contributed by atoms with E-state index in [0.29, 0.717) is 22.7 Å². The Kier molecular flexibility index (Phi) is 5.60. The van der Waals surface area contributed by atoms with Crippen molar-refractivity contribution in [1.29, 1.82) is 0 Å². The van der Waals surface area contributed by atoms with Gasteiger partial charge in [0.25, 0.3) is 17.6 Å². The normalized spacial score (nSPS) is 17.4. The fraction of sp³-hybridized carbons (Fsp3) is 0.120. The van der Waals surface area contributed by atoms with E-state index in [2.05, 4.69) is 21.0 Å². The number of amides is 2. The van der Waals surface area contributed by atoms with Gasteiger partial charge in [0.05, 0.1) is 23.0 Å². The molecule has 0 bridgehead atoms. The molecule has 0 aromatic heterocycles. The molecule has 2 heterocycles. The highest BCUT2D eigenvalue weighted by molar-refractivity contribution is 9.10. The lowest BCUT2D eigenvalue weighted by Gasteiger charge is -2.24. The molecule has 33 heavy (non-hydrogen) atoms. The fourth-order valence-electron chi connectivity index (χ4n) is 4.14. The maximum Gasteiger partial charge on any atom is 0.299 e. The molecule has 6 nitrogen and oxygen atoms in total. The Morgan fingerprint density at radius 3 is 2.55 bits per heavy atom. The molecule has 2 amide bonds. The van der Waals surface area contributed by atoms with Crippen molar-refractivity contribution in [2.45, 2.75) is 12.5 Å². The standard InChI is InChI=1S/C25H17BrClN3O3/c26-17-5-3-4-16(12-17)20-13-22(15-8-10-18(27)11-9-15)30(28-20)23(31)14-29-21-7-2-1-6-19(21)24(32)25(29)33/h1-12,22H,13-14H2. The maximum absolute atomic E-state index is 13.4. The van der Waals surface area contributed by atoms with Crippen molar-refractivity contribution in [2.24, 2.45) is 5.10 Å². The number of hydrogen-bond donors (Lipinski definition) is 0. The monoisotopic (exact) mass is 521 g/mol. The number of nitrogens with zero attached hydrogens (tertiary/aromatic N) is 3. The number of hydrogen-bond acceptors (Lipinski definition) is 4. The average Bonchev–Trinajstić information content (AvgIpc) is 3.36. The van der Waals surface area contributed by atoms with Crippen molar-refractivity contribution in [3.05, 3.63) is 99.0 Å². The summed E-state index contributed by atoms with van der Waals surface area (Å²) < 4.78 is 0.910. The lowest BCUT2D eigenvalue weighted by atomic mass is 9.98. The Hall–Kier alpha value is -3.29. The van der Waals surface area contributed by atoms with Gasteiger partial charge < -0.3 is 0 Å². The summed E-state index contributed by atoms with van der Waals surface area (Å²) >= 11 is 9.54.